The third-order valence-corrected chi connectivity index (χ3v) is 2.66. The largest absolute Gasteiger partial charge is 0.368 e. The van der Waals surface area contributed by atoms with E-state index in [-0.39, 0.29) is 17.7 Å². The first kappa shape index (κ1) is 14.3. The number of primary amides is 1. The quantitative estimate of drug-likeness (QED) is 0.555. The number of carbonyl (C=O) groups excluding carboxylic acids is 1. The lowest BCUT2D eigenvalue weighted by atomic mass is 9.86. The van der Waals surface area contributed by atoms with Crippen molar-refractivity contribution in [2.24, 2.45) is 16.3 Å². The van der Waals surface area contributed by atoms with E-state index in [1.54, 1.807) is 0 Å². The Morgan fingerprint density at radius 3 is 2.13 bits per heavy atom. The minimum atomic E-state index is -3.51. The molecule has 15 heavy (non-hydrogen) atoms. The fraction of sp³-hybridized carbons (Fsp3) is 0.875. The summed E-state index contributed by atoms with van der Waals surface area (Å²) in [5.74, 6) is -0.718. The lowest BCUT2D eigenvalue weighted by Gasteiger charge is -2.28. The van der Waals surface area contributed by atoms with Gasteiger partial charge in [0.2, 0.25) is 15.9 Å². The third-order valence-electron chi connectivity index (χ3n) is 1.89. The lowest BCUT2D eigenvalue weighted by molar-refractivity contribution is -0.122. The molecule has 6 nitrogen and oxygen atoms in total. The van der Waals surface area contributed by atoms with Gasteiger partial charge in [0.15, 0.2) is 0 Å². The molecule has 0 fully saturated rings. The molecule has 0 saturated carbocycles. The molecule has 0 aliphatic heterocycles. The van der Waals surface area contributed by atoms with Crippen LogP contribution in [0.3, 0.4) is 0 Å². The van der Waals surface area contributed by atoms with Gasteiger partial charge in [-0.1, -0.05) is 20.8 Å². The van der Waals surface area contributed by atoms with Gasteiger partial charge in [-0.05, 0) is 5.41 Å². The van der Waals surface area contributed by atoms with Crippen molar-refractivity contribution in [3.63, 3.8) is 0 Å². The molecule has 0 radical (unpaired) electrons. The first-order valence-electron chi connectivity index (χ1n) is 4.57. The van der Waals surface area contributed by atoms with E-state index < -0.39 is 22.0 Å². The zero-order chi connectivity index (χ0) is 12.3. The van der Waals surface area contributed by atoms with Gasteiger partial charge in [-0.2, -0.15) is 0 Å². The van der Waals surface area contributed by atoms with Gasteiger partial charge in [0.25, 0.3) is 0 Å². The summed E-state index contributed by atoms with van der Waals surface area (Å²) in [5.41, 5.74) is 4.83. The summed E-state index contributed by atoms with van der Waals surface area (Å²) >= 11 is 0. The first-order valence-corrected chi connectivity index (χ1v) is 6.29. The van der Waals surface area contributed by atoms with E-state index in [1.807, 2.05) is 20.8 Å². The standard InChI is InChI=1S/C8H19N3O3S/c1-8(2,3)6(7(9)12)11-4-5-15(10,13)14/h6,11H,4-5H2,1-3H3,(H2,9,12)(H2,10,13,14)/t6-/m1/s1. The van der Waals surface area contributed by atoms with Crippen LogP contribution in [0.15, 0.2) is 0 Å². The second-order valence-electron chi connectivity index (χ2n) is 4.52. The van der Waals surface area contributed by atoms with Crippen molar-refractivity contribution >= 4 is 15.9 Å². The fourth-order valence-electron chi connectivity index (χ4n) is 1.18. The average Bonchev–Trinajstić information content (AvgIpc) is 1.92. The van der Waals surface area contributed by atoms with E-state index in [0.29, 0.717) is 0 Å². The molecule has 0 saturated heterocycles. The van der Waals surface area contributed by atoms with Crippen LogP contribution in [0.5, 0.6) is 0 Å². The maximum absolute atomic E-state index is 11.1. The van der Waals surface area contributed by atoms with Gasteiger partial charge in [-0.25, -0.2) is 13.6 Å². The number of carbonyl (C=O) groups is 1. The highest BCUT2D eigenvalue weighted by Crippen LogP contribution is 2.18. The second-order valence-corrected chi connectivity index (χ2v) is 6.26. The van der Waals surface area contributed by atoms with Crippen molar-refractivity contribution in [2.75, 3.05) is 12.3 Å². The number of hydrogen-bond acceptors (Lipinski definition) is 4. The molecule has 1 atom stereocenters. The number of nitrogens with two attached hydrogens (primary N) is 2. The number of nitrogens with one attached hydrogen (secondary N) is 1. The zero-order valence-corrected chi connectivity index (χ0v) is 10.1. The Kier molecular flexibility index (Phi) is 4.69. The van der Waals surface area contributed by atoms with Gasteiger partial charge in [-0.15, -0.1) is 0 Å². The van der Waals surface area contributed by atoms with Gasteiger partial charge in [0.1, 0.15) is 0 Å². The van der Waals surface area contributed by atoms with Crippen molar-refractivity contribution in [2.45, 2.75) is 26.8 Å². The van der Waals surface area contributed by atoms with Crippen LogP contribution in [0.2, 0.25) is 0 Å². The smallest absolute Gasteiger partial charge is 0.235 e. The molecule has 0 aromatic carbocycles. The molecule has 0 bridgehead atoms. The Bertz CT molecular complexity index is 319. The van der Waals surface area contributed by atoms with Crippen LogP contribution < -0.4 is 16.2 Å². The summed E-state index contributed by atoms with van der Waals surface area (Å²) < 4.78 is 21.3. The molecule has 0 aromatic heterocycles. The zero-order valence-electron chi connectivity index (χ0n) is 9.28. The van der Waals surface area contributed by atoms with E-state index in [9.17, 15) is 13.2 Å². The van der Waals surface area contributed by atoms with E-state index in [1.165, 1.54) is 0 Å². The highest BCUT2D eigenvalue weighted by molar-refractivity contribution is 7.89. The van der Waals surface area contributed by atoms with Gasteiger partial charge in [0, 0.05) is 6.54 Å². The molecule has 90 valence electrons. The Morgan fingerprint density at radius 1 is 1.40 bits per heavy atom. The highest BCUT2D eigenvalue weighted by atomic mass is 32.2. The molecular weight excluding hydrogens is 218 g/mol. The molecule has 5 N–H and O–H groups in total. The number of primary sulfonamides is 1. The summed E-state index contributed by atoms with van der Waals surface area (Å²) in [7, 11) is -3.51. The molecule has 0 heterocycles. The predicted molar refractivity (Wildman–Crippen MR) is 58.4 cm³/mol. The van der Waals surface area contributed by atoms with Crippen LogP contribution in [0.1, 0.15) is 20.8 Å². The number of rotatable bonds is 5. The fourth-order valence-corrected chi connectivity index (χ4v) is 1.58. The monoisotopic (exact) mass is 237 g/mol. The maximum Gasteiger partial charge on any atom is 0.235 e. The van der Waals surface area contributed by atoms with Gasteiger partial charge >= 0.3 is 0 Å². The first-order chi connectivity index (χ1) is 6.54. The Labute approximate surface area is 90.4 Å². The Morgan fingerprint density at radius 2 is 1.87 bits per heavy atom. The number of sulfonamides is 1. The van der Waals surface area contributed by atoms with Crippen LogP contribution in [0.4, 0.5) is 0 Å². The van der Waals surface area contributed by atoms with Crippen molar-refractivity contribution in [1.29, 1.82) is 0 Å². The van der Waals surface area contributed by atoms with Crippen LogP contribution in [0, 0.1) is 5.41 Å². The molecule has 0 aliphatic rings. The van der Waals surface area contributed by atoms with Crippen LogP contribution >= 0.6 is 0 Å². The second kappa shape index (κ2) is 4.91. The van der Waals surface area contributed by atoms with Gasteiger partial charge in [0.05, 0.1) is 11.8 Å². The van der Waals surface area contributed by atoms with E-state index >= 15 is 0 Å². The summed E-state index contributed by atoms with van der Waals surface area (Å²) in [4.78, 5) is 11.1. The van der Waals surface area contributed by atoms with E-state index in [2.05, 4.69) is 5.32 Å². The Balaban J connectivity index is 4.29. The average molecular weight is 237 g/mol. The van der Waals surface area contributed by atoms with Crippen molar-refractivity contribution in [3.8, 4) is 0 Å². The lowest BCUT2D eigenvalue weighted by Crippen LogP contribution is -2.51. The molecule has 0 spiro atoms. The van der Waals surface area contributed by atoms with Crippen LogP contribution in [-0.4, -0.2) is 32.7 Å². The molecular formula is C8H19N3O3S. The maximum atomic E-state index is 11.1. The topological polar surface area (TPSA) is 115 Å². The van der Waals surface area contributed by atoms with Crippen LogP contribution in [-0.2, 0) is 14.8 Å². The minimum Gasteiger partial charge on any atom is -0.368 e. The Hall–Kier alpha value is -0.660. The van der Waals surface area contributed by atoms with Crippen LogP contribution in [0.25, 0.3) is 0 Å². The number of amides is 1. The van der Waals surface area contributed by atoms with E-state index in [0.717, 1.165) is 0 Å². The van der Waals surface area contributed by atoms with Gasteiger partial charge in [-0.3, -0.25) is 4.79 Å². The molecule has 0 rings (SSSR count). The predicted octanol–water partition coefficient (Wildman–Crippen LogP) is -1.24. The van der Waals surface area contributed by atoms with Gasteiger partial charge < -0.3 is 11.1 Å². The third kappa shape index (κ3) is 6.43. The van der Waals surface area contributed by atoms with Crippen molar-refractivity contribution in [3.05, 3.63) is 0 Å². The SMILES string of the molecule is CC(C)(C)[C@H](NCCS(N)(=O)=O)C(N)=O. The summed E-state index contributed by atoms with van der Waals surface area (Å²) in [5, 5.41) is 7.60. The number of hydrogen-bond donors (Lipinski definition) is 3. The molecule has 1 amide bonds. The van der Waals surface area contributed by atoms with Crippen molar-refractivity contribution in [1.82, 2.24) is 5.32 Å². The summed E-state index contributed by atoms with van der Waals surface area (Å²) in [6.45, 7) is 5.63. The summed E-state index contributed by atoms with van der Waals surface area (Å²) in [6.07, 6.45) is 0. The minimum absolute atomic E-state index is 0.115. The molecule has 0 unspecified atom stereocenters. The summed E-state index contributed by atoms with van der Waals surface area (Å²) in [6, 6.07) is -0.570. The molecule has 0 aliphatic carbocycles. The highest BCUT2D eigenvalue weighted by Gasteiger charge is 2.28. The van der Waals surface area contributed by atoms with Crippen molar-refractivity contribution < 1.29 is 13.2 Å². The normalized spacial score (nSPS) is 14.9. The van der Waals surface area contributed by atoms with E-state index in [4.69, 9.17) is 10.9 Å². The molecule has 0 aromatic rings. The molecule has 7 heteroatoms.